The van der Waals surface area contributed by atoms with Crippen LogP contribution in [-0.2, 0) is 4.74 Å². The predicted octanol–water partition coefficient (Wildman–Crippen LogP) is 7.18. The highest BCUT2D eigenvalue weighted by molar-refractivity contribution is 4.66. The van der Waals surface area contributed by atoms with Crippen LogP contribution < -0.4 is 16.0 Å². The summed E-state index contributed by atoms with van der Waals surface area (Å²) in [6, 6.07) is 1.86. The molecule has 0 amide bonds. The molecule has 4 nitrogen and oxygen atoms in total. The molecule has 0 spiro atoms. The van der Waals surface area contributed by atoms with Crippen LogP contribution in [-0.4, -0.2) is 51.0 Å². The van der Waals surface area contributed by atoms with E-state index < -0.39 is 0 Å². The quantitative estimate of drug-likeness (QED) is 0.120. The molecule has 0 radical (unpaired) electrons. The average Bonchev–Trinajstić information content (AvgIpc) is 2.77. The molecule has 0 aromatic rings. The van der Waals surface area contributed by atoms with Gasteiger partial charge in [0, 0.05) is 31.3 Å². The normalized spacial score (nSPS) is 15.7. The van der Waals surface area contributed by atoms with Crippen LogP contribution in [0.25, 0.3) is 0 Å². The van der Waals surface area contributed by atoms with E-state index in [0.29, 0.717) is 18.1 Å². The molecule has 0 heterocycles. The van der Waals surface area contributed by atoms with Crippen LogP contribution in [0.2, 0.25) is 0 Å². The molecule has 0 rings (SSSR count). The van der Waals surface area contributed by atoms with Crippen molar-refractivity contribution in [1.29, 1.82) is 0 Å². The van der Waals surface area contributed by atoms with Crippen molar-refractivity contribution in [3.8, 4) is 0 Å². The van der Waals surface area contributed by atoms with Gasteiger partial charge in [-0.2, -0.15) is 0 Å². The molecule has 0 fully saturated rings. The Balaban J connectivity index is 3.48. The molecular formula is C30H65N3O. The number of hydrogen-bond donors (Lipinski definition) is 3. The summed E-state index contributed by atoms with van der Waals surface area (Å²) < 4.78 is 5.70. The molecule has 3 N–H and O–H groups in total. The van der Waals surface area contributed by atoms with Crippen molar-refractivity contribution in [3.05, 3.63) is 0 Å². The van der Waals surface area contributed by atoms with Crippen LogP contribution in [0.5, 0.6) is 0 Å². The molecule has 0 bridgehead atoms. The minimum Gasteiger partial charge on any atom is -0.380 e. The van der Waals surface area contributed by atoms with Crippen molar-refractivity contribution in [2.24, 2.45) is 17.8 Å². The standard InChI is InChI=1S/C30H65N3O/c1-25(2)19-23-34-24-22-33-30(8)16-14-27(5)13-11-9-10-12-20-32-29(7)17-15-28(6)18-21-31-26(3)4/h25-33H,9-24H2,1-8H3. The molecule has 0 aromatic carbocycles. The van der Waals surface area contributed by atoms with Gasteiger partial charge in [0.05, 0.1) is 6.61 Å². The van der Waals surface area contributed by atoms with Crippen LogP contribution in [0.3, 0.4) is 0 Å². The molecule has 4 unspecified atom stereocenters. The highest BCUT2D eigenvalue weighted by Crippen LogP contribution is 2.17. The van der Waals surface area contributed by atoms with E-state index in [0.717, 1.165) is 44.1 Å². The van der Waals surface area contributed by atoms with Gasteiger partial charge in [-0.15, -0.1) is 0 Å². The number of nitrogens with one attached hydrogen (secondary N) is 3. The van der Waals surface area contributed by atoms with Gasteiger partial charge < -0.3 is 20.7 Å². The summed E-state index contributed by atoms with van der Waals surface area (Å²) in [5, 5.41) is 10.9. The third-order valence-corrected chi connectivity index (χ3v) is 7.07. The van der Waals surface area contributed by atoms with Gasteiger partial charge in [-0.1, -0.05) is 67.2 Å². The Bertz CT molecular complexity index is 416. The van der Waals surface area contributed by atoms with Gasteiger partial charge >= 0.3 is 0 Å². The maximum atomic E-state index is 5.70. The first-order chi connectivity index (χ1) is 16.2. The zero-order valence-corrected chi connectivity index (χ0v) is 24.7. The molecule has 0 saturated carbocycles. The highest BCUT2D eigenvalue weighted by atomic mass is 16.5. The van der Waals surface area contributed by atoms with E-state index in [4.69, 9.17) is 4.74 Å². The molecule has 0 aliphatic heterocycles. The molecule has 0 aliphatic carbocycles. The molecular weight excluding hydrogens is 418 g/mol. The predicted molar refractivity (Wildman–Crippen MR) is 153 cm³/mol. The lowest BCUT2D eigenvalue weighted by Gasteiger charge is -2.18. The summed E-state index contributed by atoms with van der Waals surface area (Å²) in [6.07, 6.45) is 14.6. The van der Waals surface area contributed by atoms with E-state index in [9.17, 15) is 0 Å². The Morgan fingerprint density at radius 3 is 1.68 bits per heavy atom. The van der Waals surface area contributed by atoms with Gasteiger partial charge in [0.2, 0.25) is 0 Å². The van der Waals surface area contributed by atoms with Crippen LogP contribution in [0.15, 0.2) is 0 Å². The summed E-state index contributed by atoms with van der Waals surface area (Å²) in [4.78, 5) is 0. The molecule has 0 aliphatic rings. The summed E-state index contributed by atoms with van der Waals surface area (Å²) in [7, 11) is 0. The topological polar surface area (TPSA) is 45.3 Å². The second-order valence-electron chi connectivity index (χ2n) is 12.0. The van der Waals surface area contributed by atoms with Crippen LogP contribution >= 0.6 is 0 Å². The first-order valence-electron chi connectivity index (χ1n) is 15.0. The van der Waals surface area contributed by atoms with E-state index in [1.54, 1.807) is 0 Å². The van der Waals surface area contributed by atoms with E-state index in [1.165, 1.54) is 77.2 Å². The van der Waals surface area contributed by atoms with Crippen molar-refractivity contribution >= 4 is 0 Å². The Kier molecular flexibility index (Phi) is 23.1. The maximum Gasteiger partial charge on any atom is 0.0591 e. The SMILES string of the molecule is CC(C)CCOCCNC(C)CCC(C)CCCCCCNC(C)CCC(C)CCNC(C)C. The Hall–Kier alpha value is -0.160. The average molecular weight is 484 g/mol. The van der Waals surface area contributed by atoms with Crippen molar-refractivity contribution in [2.45, 2.75) is 144 Å². The smallest absolute Gasteiger partial charge is 0.0591 e. The third kappa shape index (κ3) is 24.9. The second-order valence-corrected chi connectivity index (χ2v) is 12.0. The zero-order chi connectivity index (χ0) is 25.6. The van der Waals surface area contributed by atoms with Gasteiger partial charge in [-0.05, 0) is 89.6 Å². The molecule has 4 heteroatoms. The first kappa shape index (κ1) is 33.8. The first-order valence-corrected chi connectivity index (χ1v) is 15.0. The highest BCUT2D eigenvalue weighted by Gasteiger charge is 2.08. The number of ether oxygens (including phenoxy) is 1. The summed E-state index contributed by atoms with van der Waals surface area (Å²) in [5.41, 5.74) is 0. The molecule has 4 atom stereocenters. The lowest BCUT2D eigenvalue weighted by molar-refractivity contribution is 0.123. The fraction of sp³-hybridized carbons (Fsp3) is 1.00. The van der Waals surface area contributed by atoms with Gasteiger partial charge in [0.25, 0.3) is 0 Å². The lowest BCUT2D eigenvalue weighted by Crippen LogP contribution is -2.30. The number of unbranched alkanes of at least 4 members (excludes halogenated alkanes) is 3. The van der Waals surface area contributed by atoms with E-state index in [2.05, 4.69) is 71.3 Å². The van der Waals surface area contributed by atoms with Crippen molar-refractivity contribution in [3.63, 3.8) is 0 Å². The van der Waals surface area contributed by atoms with Crippen LogP contribution in [0.1, 0.15) is 126 Å². The Morgan fingerprint density at radius 1 is 0.471 bits per heavy atom. The summed E-state index contributed by atoms with van der Waals surface area (Å²) >= 11 is 0. The van der Waals surface area contributed by atoms with Gasteiger partial charge in [0.1, 0.15) is 0 Å². The van der Waals surface area contributed by atoms with Gasteiger partial charge in [-0.25, -0.2) is 0 Å². The Morgan fingerprint density at radius 2 is 1.06 bits per heavy atom. The fourth-order valence-electron chi connectivity index (χ4n) is 4.30. The van der Waals surface area contributed by atoms with E-state index >= 15 is 0 Å². The van der Waals surface area contributed by atoms with Crippen molar-refractivity contribution < 1.29 is 4.74 Å². The van der Waals surface area contributed by atoms with Crippen LogP contribution in [0, 0.1) is 17.8 Å². The monoisotopic (exact) mass is 484 g/mol. The van der Waals surface area contributed by atoms with E-state index in [1.807, 2.05) is 0 Å². The van der Waals surface area contributed by atoms with E-state index in [-0.39, 0.29) is 0 Å². The van der Waals surface area contributed by atoms with Crippen molar-refractivity contribution in [2.75, 3.05) is 32.8 Å². The molecule has 34 heavy (non-hydrogen) atoms. The second kappa shape index (κ2) is 23.3. The molecule has 0 aromatic heterocycles. The number of hydrogen-bond acceptors (Lipinski definition) is 4. The maximum absolute atomic E-state index is 5.70. The molecule has 206 valence electrons. The molecule has 0 saturated heterocycles. The summed E-state index contributed by atoms with van der Waals surface area (Å²) in [6.45, 7) is 23.5. The van der Waals surface area contributed by atoms with Gasteiger partial charge in [0.15, 0.2) is 0 Å². The minimum absolute atomic E-state index is 0.601. The minimum atomic E-state index is 0.601. The van der Waals surface area contributed by atoms with Gasteiger partial charge in [-0.3, -0.25) is 0 Å². The van der Waals surface area contributed by atoms with Crippen molar-refractivity contribution in [1.82, 2.24) is 16.0 Å². The summed E-state index contributed by atoms with van der Waals surface area (Å²) in [5.74, 6) is 2.41. The zero-order valence-electron chi connectivity index (χ0n) is 24.7. The Labute approximate surface area is 215 Å². The largest absolute Gasteiger partial charge is 0.380 e. The van der Waals surface area contributed by atoms with Crippen LogP contribution in [0.4, 0.5) is 0 Å². The number of rotatable bonds is 25. The third-order valence-electron chi connectivity index (χ3n) is 7.07. The lowest BCUT2D eigenvalue weighted by atomic mass is 9.96. The fourth-order valence-corrected chi connectivity index (χ4v) is 4.30.